The van der Waals surface area contributed by atoms with Crippen LogP contribution >= 0.6 is 11.8 Å². The predicted molar refractivity (Wildman–Crippen MR) is 107 cm³/mol. The molecule has 1 aliphatic rings. The van der Waals surface area contributed by atoms with Gasteiger partial charge in [0.25, 0.3) is 11.1 Å². The van der Waals surface area contributed by atoms with E-state index in [1.807, 2.05) is 61.5 Å². The number of aryl methyl sites for hydroxylation is 1. The van der Waals surface area contributed by atoms with Gasteiger partial charge < -0.3 is 5.32 Å². The molecule has 3 rings (SSSR count). The lowest BCUT2D eigenvalue weighted by Gasteiger charge is -2.13. The molecule has 0 atom stereocenters. The molecule has 1 saturated heterocycles. The molecule has 0 aromatic heterocycles. The van der Waals surface area contributed by atoms with Crippen molar-refractivity contribution in [1.29, 1.82) is 0 Å². The highest BCUT2D eigenvalue weighted by Crippen LogP contribution is 2.31. The lowest BCUT2D eigenvalue weighted by atomic mass is 10.1. The summed E-state index contributed by atoms with van der Waals surface area (Å²) in [5.74, 6) is -0.450. The molecule has 6 heteroatoms. The quantitative estimate of drug-likeness (QED) is 0.780. The molecular formula is C21H20N2O3S. The normalized spacial score (nSPS) is 15.4. The molecule has 2 aromatic carbocycles. The maximum absolute atomic E-state index is 12.4. The van der Waals surface area contributed by atoms with Gasteiger partial charge in [-0.05, 0) is 35.9 Å². The summed E-state index contributed by atoms with van der Waals surface area (Å²) in [4.78, 5) is 38.2. The molecule has 0 aliphatic carbocycles. The third-order valence-electron chi connectivity index (χ3n) is 4.08. The van der Waals surface area contributed by atoms with Crippen LogP contribution in [0.4, 0.5) is 4.79 Å². The minimum absolute atomic E-state index is 0.132. The summed E-state index contributed by atoms with van der Waals surface area (Å²) in [5.41, 5.74) is 2.90. The Morgan fingerprint density at radius 2 is 1.89 bits per heavy atom. The predicted octanol–water partition coefficient (Wildman–Crippen LogP) is 3.39. The Morgan fingerprint density at radius 3 is 2.63 bits per heavy atom. The number of nitrogens with one attached hydrogen (secondary N) is 1. The van der Waals surface area contributed by atoms with Crippen LogP contribution in [-0.4, -0.2) is 35.0 Å². The summed E-state index contributed by atoms with van der Waals surface area (Å²) in [6.07, 6.45) is 1.98. The van der Waals surface area contributed by atoms with E-state index in [0.29, 0.717) is 4.91 Å². The van der Waals surface area contributed by atoms with Crippen molar-refractivity contribution in [1.82, 2.24) is 10.2 Å². The standard InChI is InChI=1S/C21H20N2O3S/c1-15-6-5-9-17(12-15)14-19(24)22-10-11-23-20(25)18(27-21(23)26)13-16-7-3-2-4-8-16/h2-9,12-13H,10-11,14H2,1H3,(H,22,24). The van der Waals surface area contributed by atoms with Gasteiger partial charge in [0.15, 0.2) is 0 Å². The van der Waals surface area contributed by atoms with Crippen LogP contribution in [0.15, 0.2) is 59.5 Å². The summed E-state index contributed by atoms with van der Waals surface area (Å²) in [5, 5.41) is 2.46. The molecule has 0 unspecified atom stereocenters. The van der Waals surface area contributed by atoms with Crippen LogP contribution in [-0.2, 0) is 16.0 Å². The summed E-state index contributed by atoms with van der Waals surface area (Å²) in [6.45, 7) is 2.38. The van der Waals surface area contributed by atoms with E-state index in [2.05, 4.69) is 5.32 Å². The second-order valence-electron chi connectivity index (χ2n) is 6.26. The molecule has 3 amide bonds. The van der Waals surface area contributed by atoms with Gasteiger partial charge in [0.1, 0.15) is 0 Å². The summed E-state index contributed by atoms with van der Waals surface area (Å²) in [6, 6.07) is 17.1. The zero-order valence-corrected chi connectivity index (χ0v) is 15.8. The first-order chi connectivity index (χ1) is 13.0. The molecule has 27 heavy (non-hydrogen) atoms. The zero-order valence-electron chi connectivity index (χ0n) is 15.0. The number of hydrogen-bond acceptors (Lipinski definition) is 4. The van der Waals surface area contributed by atoms with Gasteiger partial charge in [0, 0.05) is 13.1 Å². The number of benzene rings is 2. The molecule has 0 spiro atoms. The molecule has 5 nitrogen and oxygen atoms in total. The van der Waals surface area contributed by atoms with Crippen LogP contribution in [0.1, 0.15) is 16.7 Å². The number of thioether (sulfide) groups is 1. The molecule has 1 fully saturated rings. The van der Waals surface area contributed by atoms with Crippen molar-refractivity contribution < 1.29 is 14.4 Å². The minimum Gasteiger partial charge on any atom is -0.354 e. The largest absolute Gasteiger partial charge is 0.354 e. The highest BCUT2D eigenvalue weighted by atomic mass is 32.2. The third-order valence-corrected chi connectivity index (χ3v) is 4.98. The molecule has 1 heterocycles. The van der Waals surface area contributed by atoms with E-state index in [-0.39, 0.29) is 36.6 Å². The monoisotopic (exact) mass is 380 g/mol. The molecule has 0 bridgehead atoms. The molecule has 1 aliphatic heterocycles. The van der Waals surface area contributed by atoms with Crippen LogP contribution in [0.25, 0.3) is 6.08 Å². The van der Waals surface area contributed by atoms with Gasteiger partial charge in [-0.25, -0.2) is 0 Å². The van der Waals surface area contributed by atoms with E-state index in [1.54, 1.807) is 6.08 Å². The van der Waals surface area contributed by atoms with Crippen molar-refractivity contribution in [3.05, 3.63) is 76.2 Å². The van der Waals surface area contributed by atoms with Crippen LogP contribution in [0.3, 0.4) is 0 Å². The molecule has 0 saturated carbocycles. The van der Waals surface area contributed by atoms with Gasteiger partial charge in [-0.15, -0.1) is 0 Å². The van der Waals surface area contributed by atoms with E-state index in [9.17, 15) is 14.4 Å². The molecule has 2 aromatic rings. The molecule has 0 radical (unpaired) electrons. The fourth-order valence-electron chi connectivity index (χ4n) is 2.77. The van der Waals surface area contributed by atoms with Gasteiger partial charge in [0.2, 0.25) is 5.91 Å². The number of imide groups is 1. The number of carbonyl (C=O) groups excluding carboxylic acids is 3. The number of rotatable bonds is 6. The van der Waals surface area contributed by atoms with E-state index < -0.39 is 0 Å². The van der Waals surface area contributed by atoms with Crippen LogP contribution in [0.2, 0.25) is 0 Å². The summed E-state index contributed by atoms with van der Waals surface area (Å²) < 4.78 is 0. The van der Waals surface area contributed by atoms with E-state index >= 15 is 0 Å². The number of hydrogen-bond donors (Lipinski definition) is 1. The van der Waals surface area contributed by atoms with Crippen LogP contribution < -0.4 is 5.32 Å². The van der Waals surface area contributed by atoms with Crippen molar-refractivity contribution in [2.45, 2.75) is 13.3 Å². The maximum atomic E-state index is 12.4. The minimum atomic E-state index is -0.318. The topological polar surface area (TPSA) is 66.5 Å². The second-order valence-corrected chi connectivity index (χ2v) is 7.25. The average molecular weight is 380 g/mol. The first-order valence-corrected chi connectivity index (χ1v) is 9.47. The SMILES string of the molecule is Cc1cccc(CC(=O)NCCN2C(=O)SC(=Cc3ccccc3)C2=O)c1. The Bertz CT molecular complexity index is 893. The highest BCUT2D eigenvalue weighted by molar-refractivity contribution is 8.18. The summed E-state index contributed by atoms with van der Waals surface area (Å²) >= 11 is 0.926. The first-order valence-electron chi connectivity index (χ1n) is 8.65. The average Bonchev–Trinajstić information content (AvgIpc) is 2.90. The van der Waals surface area contributed by atoms with Crippen molar-refractivity contribution in [3.8, 4) is 0 Å². The Kier molecular flexibility index (Phi) is 6.08. The smallest absolute Gasteiger partial charge is 0.293 e. The Balaban J connectivity index is 1.52. The van der Waals surface area contributed by atoms with Crippen molar-refractivity contribution in [2.24, 2.45) is 0 Å². The number of amides is 3. The fourth-order valence-corrected chi connectivity index (χ4v) is 3.64. The van der Waals surface area contributed by atoms with Crippen molar-refractivity contribution in [2.75, 3.05) is 13.1 Å². The number of nitrogens with zero attached hydrogens (tertiary/aromatic N) is 1. The number of carbonyl (C=O) groups is 3. The maximum Gasteiger partial charge on any atom is 0.293 e. The van der Waals surface area contributed by atoms with E-state index in [1.165, 1.54) is 4.90 Å². The van der Waals surface area contributed by atoms with Gasteiger partial charge in [0.05, 0.1) is 11.3 Å². The Labute approximate surface area is 162 Å². The van der Waals surface area contributed by atoms with E-state index in [4.69, 9.17) is 0 Å². The van der Waals surface area contributed by atoms with Crippen molar-refractivity contribution >= 4 is 34.9 Å². The lowest BCUT2D eigenvalue weighted by molar-refractivity contribution is -0.124. The van der Waals surface area contributed by atoms with Crippen LogP contribution in [0, 0.1) is 6.92 Å². The highest BCUT2D eigenvalue weighted by Gasteiger charge is 2.34. The molecule has 1 N–H and O–H groups in total. The Hall–Kier alpha value is -2.86. The van der Waals surface area contributed by atoms with Gasteiger partial charge in [-0.1, -0.05) is 60.2 Å². The van der Waals surface area contributed by atoms with Gasteiger partial charge >= 0.3 is 0 Å². The fraction of sp³-hybridized carbons (Fsp3) is 0.190. The molecular weight excluding hydrogens is 360 g/mol. The zero-order chi connectivity index (χ0) is 19.2. The van der Waals surface area contributed by atoms with Gasteiger partial charge in [-0.2, -0.15) is 0 Å². The van der Waals surface area contributed by atoms with Gasteiger partial charge in [-0.3, -0.25) is 19.3 Å². The van der Waals surface area contributed by atoms with E-state index in [0.717, 1.165) is 28.5 Å². The molecule has 138 valence electrons. The lowest BCUT2D eigenvalue weighted by Crippen LogP contribution is -2.37. The summed E-state index contributed by atoms with van der Waals surface area (Å²) in [7, 11) is 0. The van der Waals surface area contributed by atoms with Crippen molar-refractivity contribution in [3.63, 3.8) is 0 Å². The van der Waals surface area contributed by atoms with Crippen LogP contribution in [0.5, 0.6) is 0 Å². The first kappa shape index (κ1) is 18.9. The second kappa shape index (κ2) is 8.68. The Morgan fingerprint density at radius 1 is 1.11 bits per heavy atom. The third kappa shape index (κ3) is 5.08.